The molecule has 0 aliphatic carbocycles. The van der Waals surface area contributed by atoms with Gasteiger partial charge in [-0.1, -0.05) is 12.1 Å². The summed E-state index contributed by atoms with van der Waals surface area (Å²) in [7, 11) is 0. The molecular weight excluding hydrogens is 229 g/mol. The van der Waals surface area contributed by atoms with Crippen LogP contribution in [0, 0.1) is 0 Å². The predicted molar refractivity (Wildman–Crippen MR) is 61.5 cm³/mol. The minimum atomic E-state index is -4.28. The topological polar surface area (TPSA) is 38.0 Å². The van der Waals surface area contributed by atoms with E-state index in [2.05, 4.69) is 5.32 Å². The van der Waals surface area contributed by atoms with Gasteiger partial charge in [-0.15, -0.1) is 0 Å². The van der Waals surface area contributed by atoms with E-state index in [4.69, 9.17) is 5.73 Å². The molecule has 1 rings (SSSR count). The van der Waals surface area contributed by atoms with Crippen LogP contribution in [0.4, 0.5) is 13.2 Å². The van der Waals surface area contributed by atoms with Crippen molar-refractivity contribution in [1.82, 2.24) is 5.32 Å². The van der Waals surface area contributed by atoms with Gasteiger partial charge in [0.25, 0.3) is 0 Å². The lowest BCUT2D eigenvalue weighted by Crippen LogP contribution is -2.22. The smallest absolute Gasteiger partial charge is 0.330 e. The average Bonchev–Trinajstić information content (AvgIpc) is 2.28. The number of nitrogens with two attached hydrogens (primary N) is 1. The Morgan fingerprint density at radius 3 is 2.65 bits per heavy atom. The largest absolute Gasteiger partial charge is 0.416 e. The second-order valence-electron chi connectivity index (χ2n) is 3.94. The summed E-state index contributed by atoms with van der Waals surface area (Å²) in [6.45, 7) is 3.11. The molecule has 1 aromatic carbocycles. The monoisotopic (exact) mass is 246 g/mol. The van der Waals surface area contributed by atoms with Gasteiger partial charge in [-0.05, 0) is 44.1 Å². The van der Waals surface area contributed by atoms with Crippen LogP contribution in [0.3, 0.4) is 0 Å². The normalized spacial score (nSPS) is 13.7. The Kier molecular flexibility index (Phi) is 4.96. The van der Waals surface area contributed by atoms with E-state index in [-0.39, 0.29) is 6.04 Å². The zero-order valence-electron chi connectivity index (χ0n) is 9.72. The molecule has 0 fully saturated rings. The van der Waals surface area contributed by atoms with Crippen LogP contribution in [0.5, 0.6) is 0 Å². The summed E-state index contributed by atoms with van der Waals surface area (Å²) in [6, 6.07) is 5.27. The molecule has 17 heavy (non-hydrogen) atoms. The van der Waals surface area contributed by atoms with Gasteiger partial charge in [0.1, 0.15) is 0 Å². The average molecular weight is 246 g/mol. The first-order chi connectivity index (χ1) is 7.95. The van der Waals surface area contributed by atoms with Gasteiger partial charge >= 0.3 is 6.18 Å². The van der Waals surface area contributed by atoms with Crippen molar-refractivity contribution in [2.24, 2.45) is 5.73 Å². The standard InChI is InChI=1S/C12H17F3N2/c1-9(17-7-3-6-16)10-4-2-5-11(8-10)12(13,14)15/h2,4-5,8-9,17H,3,6-7,16H2,1H3. The Labute approximate surface area is 99.0 Å². The Hall–Kier alpha value is -1.07. The van der Waals surface area contributed by atoms with Gasteiger partial charge in [0.05, 0.1) is 5.56 Å². The third-order valence-corrected chi connectivity index (χ3v) is 2.55. The van der Waals surface area contributed by atoms with Crippen LogP contribution < -0.4 is 11.1 Å². The third kappa shape index (κ3) is 4.36. The van der Waals surface area contributed by atoms with Crippen LogP contribution in [-0.4, -0.2) is 13.1 Å². The number of hydrogen-bond donors (Lipinski definition) is 2. The first-order valence-corrected chi connectivity index (χ1v) is 5.55. The van der Waals surface area contributed by atoms with Crippen LogP contribution >= 0.6 is 0 Å². The number of benzene rings is 1. The fraction of sp³-hybridized carbons (Fsp3) is 0.500. The van der Waals surface area contributed by atoms with Crippen molar-refractivity contribution in [3.05, 3.63) is 35.4 Å². The molecule has 0 amide bonds. The molecule has 0 aliphatic rings. The first-order valence-electron chi connectivity index (χ1n) is 5.55. The molecule has 0 saturated carbocycles. The zero-order valence-corrected chi connectivity index (χ0v) is 9.72. The molecule has 0 spiro atoms. The van der Waals surface area contributed by atoms with Crippen LogP contribution in [-0.2, 0) is 6.18 Å². The first kappa shape index (κ1) is 14.0. The van der Waals surface area contributed by atoms with Crippen LogP contribution in [0.25, 0.3) is 0 Å². The molecule has 2 nitrogen and oxygen atoms in total. The highest BCUT2D eigenvalue weighted by Crippen LogP contribution is 2.30. The lowest BCUT2D eigenvalue weighted by Gasteiger charge is -2.15. The van der Waals surface area contributed by atoms with Crippen molar-refractivity contribution in [1.29, 1.82) is 0 Å². The number of rotatable bonds is 5. The Balaban J connectivity index is 2.71. The number of nitrogens with one attached hydrogen (secondary N) is 1. The fourth-order valence-electron chi connectivity index (χ4n) is 1.52. The second kappa shape index (κ2) is 6.02. The van der Waals surface area contributed by atoms with E-state index in [0.29, 0.717) is 18.7 Å². The maximum absolute atomic E-state index is 12.5. The number of halogens is 3. The minimum Gasteiger partial charge on any atom is -0.330 e. The summed E-state index contributed by atoms with van der Waals surface area (Å²) in [6.07, 6.45) is -3.48. The van der Waals surface area contributed by atoms with E-state index in [1.807, 2.05) is 6.92 Å². The van der Waals surface area contributed by atoms with Crippen molar-refractivity contribution >= 4 is 0 Å². The highest BCUT2D eigenvalue weighted by molar-refractivity contribution is 5.27. The molecule has 0 aromatic heterocycles. The molecule has 0 aliphatic heterocycles. The van der Waals surface area contributed by atoms with E-state index in [1.165, 1.54) is 12.1 Å². The summed E-state index contributed by atoms with van der Waals surface area (Å²) >= 11 is 0. The Bertz CT molecular complexity index is 350. The molecule has 1 atom stereocenters. The minimum absolute atomic E-state index is 0.108. The summed E-state index contributed by atoms with van der Waals surface area (Å²) in [5, 5.41) is 3.13. The molecule has 0 radical (unpaired) electrons. The van der Waals surface area contributed by atoms with E-state index < -0.39 is 11.7 Å². The van der Waals surface area contributed by atoms with Crippen molar-refractivity contribution in [3.63, 3.8) is 0 Å². The van der Waals surface area contributed by atoms with Crippen molar-refractivity contribution in [2.75, 3.05) is 13.1 Å². The van der Waals surface area contributed by atoms with Gasteiger partial charge < -0.3 is 11.1 Å². The molecule has 0 bridgehead atoms. The van der Waals surface area contributed by atoms with Crippen molar-refractivity contribution in [3.8, 4) is 0 Å². The molecular formula is C12H17F3N2. The van der Waals surface area contributed by atoms with E-state index in [1.54, 1.807) is 6.07 Å². The van der Waals surface area contributed by atoms with Crippen LogP contribution in [0.1, 0.15) is 30.5 Å². The Morgan fingerprint density at radius 2 is 2.06 bits per heavy atom. The molecule has 1 unspecified atom stereocenters. The third-order valence-electron chi connectivity index (χ3n) is 2.55. The quantitative estimate of drug-likeness (QED) is 0.784. The summed E-state index contributed by atoms with van der Waals surface area (Å²) < 4.78 is 37.5. The molecule has 96 valence electrons. The maximum atomic E-state index is 12.5. The van der Waals surface area contributed by atoms with Crippen LogP contribution in [0.15, 0.2) is 24.3 Å². The zero-order chi connectivity index (χ0) is 12.9. The van der Waals surface area contributed by atoms with E-state index in [9.17, 15) is 13.2 Å². The molecule has 1 aromatic rings. The highest BCUT2D eigenvalue weighted by Gasteiger charge is 2.30. The fourth-order valence-corrected chi connectivity index (χ4v) is 1.52. The van der Waals surface area contributed by atoms with Crippen molar-refractivity contribution < 1.29 is 13.2 Å². The van der Waals surface area contributed by atoms with Crippen molar-refractivity contribution in [2.45, 2.75) is 25.6 Å². The summed E-state index contributed by atoms with van der Waals surface area (Å²) in [5.74, 6) is 0. The van der Waals surface area contributed by atoms with Gasteiger partial charge in [0.15, 0.2) is 0 Å². The van der Waals surface area contributed by atoms with Gasteiger partial charge in [0, 0.05) is 6.04 Å². The van der Waals surface area contributed by atoms with Gasteiger partial charge in [-0.3, -0.25) is 0 Å². The molecule has 5 heteroatoms. The van der Waals surface area contributed by atoms with Gasteiger partial charge in [-0.25, -0.2) is 0 Å². The highest BCUT2D eigenvalue weighted by atomic mass is 19.4. The number of alkyl halides is 3. The lowest BCUT2D eigenvalue weighted by molar-refractivity contribution is -0.137. The van der Waals surface area contributed by atoms with Gasteiger partial charge in [0.2, 0.25) is 0 Å². The van der Waals surface area contributed by atoms with E-state index in [0.717, 1.165) is 12.5 Å². The van der Waals surface area contributed by atoms with E-state index >= 15 is 0 Å². The molecule has 0 heterocycles. The lowest BCUT2D eigenvalue weighted by atomic mass is 10.0. The number of hydrogen-bond acceptors (Lipinski definition) is 2. The van der Waals surface area contributed by atoms with Crippen LogP contribution in [0.2, 0.25) is 0 Å². The summed E-state index contributed by atoms with van der Waals surface area (Å²) in [5.41, 5.74) is 5.37. The maximum Gasteiger partial charge on any atom is 0.416 e. The predicted octanol–water partition coefficient (Wildman–Crippen LogP) is 2.70. The molecule has 0 saturated heterocycles. The molecule has 3 N–H and O–H groups in total. The van der Waals surface area contributed by atoms with Gasteiger partial charge in [-0.2, -0.15) is 13.2 Å². The summed E-state index contributed by atoms with van der Waals surface area (Å²) in [4.78, 5) is 0. The Morgan fingerprint density at radius 1 is 1.35 bits per heavy atom. The second-order valence-corrected chi connectivity index (χ2v) is 3.94. The SMILES string of the molecule is CC(NCCCN)c1cccc(C(F)(F)F)c1.